The lowest BCUT2D eigenvalue weighted by Crippen LogP contribution is -2.00. The Morgan fingerprint density at radius 3 is 2.70 bits per heavy atom. The molecule has 0 spiro atoms. The van der Waals surface area contributed by atoms with Crippen LogP contribution in [-0.4, -0.2) is 27.8 Å². The predicted molar refractivity (Wildman–Crippen MR) is 86.0 cm³/mol. The molecule has 6 nitrogen and oxygen atoms in total. The molecule has 0 radical (unpaired) electrons. The van der Waals surface area contributed by atoms with Gasteiger partial charge in [0, 0.05) is 12.8 Å². The third-order valence-corrected chi connectivity index (χ3v) is 4.41. The number of hydrogen-bond donors (Lipinski definition) is 0. The van der Waals surface area contributed by atoms with Crippen molar-refractivity contribution in [2.45, 2.75) is 10.9 Å². The number of benzene rings is 1. The van der Waals surface area contributed by atoms with Crippen LogP contribution in [0.3, 0.4) is 0 Å². The summed E-state index contributed by atoms with van der Waals surface area (Å²) in [6, 6.07) is 11.0. The molecule has 2 heterocycles. The van der Waals surface area contributed by atoms with Crippen LogP contribution < -0.4 is 0 Å². The van der Waals surface area contributed by atoms with E-state index in [9.17, 15) is 4.79 Å². The van der Waals surface area contributed by atoms with Crippen LogP contribution >= 0.6 is 11.8 Å². The first-order valence-corrected chi connectivity index (χ1v) is 7.91. The number of aromatic nitrogens is 3. The summed E-state index contributed by atoms with van der Waals surface area (Å²) in [7, 11) is 3.28. The zero-order valence-corrected chi connectivity index (χ0v) is 13.5. The van der Waals surface area contributed by atoms with Crippen LogP contribution in [0, 0.1) is 0 Å². The predicted octanol–water partition coefficient (Wildman–Crippen LogP) is 3.15. The molecule has 0 N–H and O–H groups in total. The van der Waals surface area contributed by atoms with E-state index in [1.54, 1.807) is 30.2 Å². The van der Waals surface area contributed by atoms with Gasteiger partial charge in [0.1, 0.15) is 0 Å². The largest absolute Gasteiger partial charge is 0.465 e. The van der Waals surface area contributed by atoms with Gasteiger partial charge in [-0.3, -0.25) is 0 Å². The van der Waals surface area contributed by atoms with Gasteiger partial charge >= 0.3 is 5.97 Å². The van der Waals surface area contributed by atoms with E-state index in [0.717, 1.165) is 16.5 Å². The number of thioether (sulfide) groups is 1. The van der Waals surface area contributed by atoms with Crippen molar-refractivity contribution < 1.29 is 13.9 Å². The first kappa shape index (κ1) is 15.4. The summed E-state index contributed by atoms with van der Waals surface area (Å²) < 4.78 is 11.9. The molecule has 0 atom stereocenters. The zero-order valence-electron chi connectivity index (χ0n) is 12.7. The highest BCUT2D eigenvalue weighted by molar-refractivity contribution is 7.98. The molecule has 0 bridgehead atoms. The first-order valence-electron chi connectivity index (χ1n) is 6.92. The number of nitrogens with zero attached hydrogens (tertiary/aromatic N) is 3. The smallest absolute Gasteiger partial charge is 0.337 e. The summed E-state index contributed by atoms with van der Waals surface area (Å²) in [6.45, 7) is 0. The Bertz CT molecular complexity index is 795. The fraction of sp³-hybridized carbons (Fsp3) is 0.188. The van der Waals surface area contributed by atoms with Gasteiger partial charge in [0.2, 0.25) is 0 Å². The molecular formula is C16H15N3O3S. The molecule has 0 aliphatic heterocycles. The van der Waals surface area contributed by atoms with E-state index >= 15 is 0 Å². The number of esters is 1. The summed E-state index contributed by atoms with van der Waals surface area (Å²) in [6.07, 6.45) is 1.61. The first-order chi connectivity index (χ1) is 11.2. The molecule has 0 saturated carbocycles. The molecule has 3 rings (SSSR count). The number of furan rings is 1. The van der Waals surface area contributed by atoms with E-state index in [-0.39, 0.29) is 5.97 Å². The van der Waals surface area contributed by atoms with Crippen LogP contribution in [0.25, 0.3) is 11.6 Å². The Hall–Kier alpha value is -2.54. The third-order valence-electron chi connectivity index (χ3n) is 3.32. The van der Waals surface area contributed by atoms with Crippen LogP contribution in [0.2, 0.25) is 0 Å². The molecule has 0 fully saturated rings. The van der Waals surface area contributed by atoms with Gasteiger partial charge in [0.25, 0.3) is 0 Å². The lowest BCUT2D eigenvalue weighted by atomic mass is 10.1. The van der Waals surface area contributed by atoms with Gasteiger partial charge in [-0.25, -0.2) is 4.79 Å². The molecule has 1 aromatic carbocycles. The number of hydrogen-bond acceptors (Lipinski definition) is 6. The second-order valence-corrected chi connectivity index (χ2v) is 5.76. The zero-order chi connectivity index (χ0) is 16.2. The highest BCUT2D eigenvalue weighted by atomic mass is 32.2. The van der Waals surface area contributed by atoms with E-state index in [1.165, 1.54) is 7.11 Å². The van der Waals surface area contributed by atoms with E-state index in [4.69, 9.17) is 4.42 Å². The highest BCUT2D eigenvalue weighted by Crippen LogP contribution is 2.25. The second-order valence-electron chi connectivity index (χ2n) is 4.82. The maximum atomic E-state index is 11.4. The molecule has 0 saturated heterocycles. The van der Waals surface area contributed by atoms with E-state index in [1.807, 2.05) is 35.9 Å². The quantitative estimate of drug-likeness (QED) is 0.529. The van der Waals surface area contributed by atoms with Crippen LogP contribution in [-0.2, 0) is 17.5 Å². The molecule has 118 valence electrons. The van der Waals surface area contributed by atoms with E-state index < -0.39 is 0 Å². The van der Waals surface area contributed by atoms with Crippen LogP contribution in [0.1, 0.15) is 15.9 Å². The lowest BCUT2D eigenvalue weighted by molar-refractivity contribution is 0.0600. The summed E-state index contributed by atoms with van der Waals surface area (Å²) in [5, 5.41) is 9.14. The molecule has 7 heteroatoms. The number of ether oxygens (including phenoxy) is 1. The Morgan fingerprint density at radius 1 is 1.26 bits per heavy atom. The maximum Gasteiger partial charge on any atom is 0.337 e. The Labute approximate surface area is 137 Å². The topological polar surface area (TPSA) is 70.2 Å². The Morgan fingerprint density at radius 2 is 2.04 bits per heavy atom. The van der Waals surface area contributed by atoms with Crippen molar-refractivity contribution in [1.29, 1.82) is 0 Å². The minimum atomic E-state index is -0.333. The average Bonchev–Trinajstić information content (AvgIpc) is 3.22. The van der Waals surface area contributed by atoms with Crippen molar-refractivity contribution in [3.8, 4) is 11.6 Å². The minimum Gasteiger partial charge on any atom is -0.465 e. The van der Waals surface area contributed by atoms with Gasteiger partial charge < -0.3 is 13.7 Å². The van der Waals surface area contributed by atoms with E-state index in [0.29, 0.717) is 17.1 Å². The molecular weight excluding hydrogens is 314 g/mol. The Kier molecular flexibility index (Phi) is 4.47. The summed E-state index contributed by atoms with van der Waals surface area (Å²) in [4.78, 5) is 11.4. The van der Waals surface area contributed by atoms with Gasteiger partial charge in [-0.2, -0.15) is 0 Å². The Balaban J connectivity index is 1.68. The van der Waals surface area contributed by atoms with Gasteiger partial charge in [0.05, 0.1) is 18.9 Å². The molecule has 0 aliphatic rings. The van der Waals surface area contributed by atoms with Crippen molar-refractivity contribution >= 4 is 17.7 Å². The molecule has 0 amide bonds. The fourth-order valence-corrected chi connectivity index (χ4v) is 2.93. The normalized spacial score (nSPS) is 10.7. The van der Waals surface area contributed by atoms with Crippen molar-refractivity contribution in [2.75, 3.05) is 7.11 Å². The van der Waals surface area contributed by atoms with Gasteiger partial charge in [-0.05, 0) is 29.8 Å². The molecule has 3 aromatic rings. The molecule has 23 heavy (non-hydrogen) atoms. The summed E-state index contributed by atoms with van der Waals surface area (Å²) in [5.74, 6) is 1.78. The monoisotopic (exact) mass is 329 g/mol. The second kappa shape index (κ2) is 6.70. The van der Waals surface area contributed by atoms with Crippen LogP contribution in [0.5, 0.6) is 0 Å². The van der Waals surface area contributed by atoms with Crippen LogP contribution in [0.15, 0.2) is 52.2 Å². The van der Waals surface area contributed by atoms with Crippen molar-refractivity contribution in [1.82, 2.24) is 14.8 Å². The minimum absolute atomic E-state index is 0.333. The fourth-order valence-electron chi connectivity index (χ4n) is 2.06. The van der Waals surface area contributed by atoms with Gasteiger partial charge in [-0.15, -0.1) is 10.2 Å². The van der Waals surface area contributed by atoms with Crippen molar-refractivity contribution in [2.24, 2.45) is 7.05 Å². The lowest BCUT2D eigenvalue weighted by Gasteiger charge is -2.04. The highest BCUT2D eigenvalue weighted by Gasteiger charge is 2.13. The number of methoxy groups -OCH3 is 1. The number of carbonyl (C=O) groups excluding carboxylic acids is 1. The average molecular weight is 329 g/mol. The molecule has 0 unspecified atom stereocenters. The molecule has 2 aromatic heterocycles. The third kappa shape index (κ3) is 3.29. The SMILES string of the molecule is COC(=O)c1ccc(CSc2nnc(-c3ccco3)n2C)cc1. The van der Waals surface area contributed by atoms with Crippen LogP contribution in [0.4, 0.5) is 0 Å². The number of rotatable bonds is 5. The number of carbonyl (C=O) groups is 1. The van der Waals surface area contributed by atoms with Crippen molar-refractivity contribution in [3.63, 3.8) is 0 Å². The summed E-state index contributed by atoms with van der Waals surface area (Å²) in [5.41, 5.74) is 1.63. The van der Waals surface area contributed by atoms with E-state index in [2.05, 4.69) is 14.9 Å². The van der Waals surface area contributed by atoms with Crippen molar-refractivity contribution in [3.05, 3.63) is 53.8 Å². The standard InChI is InChI=1S/C16H15N3O3S/c1-19-14(13-4-3-9-22-13)17-18-16(19)23-10-11-5-7-12(8-6-11)15(20)21-2/h3-9H,10H2,1-2H3. The molecule has 0 aliphatic carbocycles. The maximum absolute atomic E-state index is 11.4. The van der Waals surface area contributed by atoms with Gasteiger partial charge in [-0.1, -0.05) is 23.9 Å². The van der Waals surface area contributed by atoms with Gasteiger partial charge in [0.15, 0.2) is 16.7 Å². The summed E-state index contributed by atoms with van der Waals surface area (Å²) >= 11 is 1.57.